The Balaban J connectivity index is 0.00000190. The molecule has 5 N–H and O–H groups in total. The van der Waals surface area contributed by atoms with E-state index in [1.807, 2.05) is 13.8 Å². The molecule has 2 rings (SSSR count). The lowest BCUT2D eigenvalue weighted by atomic mass is 9.93. The number of aryl methyl sites for hydroxylation is 1. The standard InChI is InChI=1S/C17H22FN5O3.C2H6/c1-11-3-4-14(13(18)5-11)22-15(20-2)12(6-21-10-24)16(25)23-8-17(26,7-19)9-23;1-2/h3-6,10,26H,7-9,19H2,1-2H3,(H,20,22)(H,21,24);1-2H3/b12-6+;. The van der Waals surface area contributed by atoms with E-state index in [1.54, 1.807) is 13.0 Å². The second-order valence-electron chi connectivity index (χ2n) is 6.11. The van der Waals surface area contributed by atoms with E-state index in [1.165, 1.54) is 30.3 Å². The second-order valence-corrected chi connectivity index (χ2v) is 6.11. The van der Waals surface area contributed by atoms with Crippen molar-refractivity contribution in [2.24, 2.45) is 10.7 Å². The van der Waals surface area contributed by atoms with Gasteiger partial charge in [0, 0.05) is 19.8 Å². The molecule has 154 valence electrons. The Kier molecular flexibility index (Phi) is 8.75. The number of carbonyl (C=O) groups excluding carboxylic acids is 2. The smallest absolute Gasteiger partial charge is 0.259 e. The van der Waals surface area contributed by atoms with Crippen molar-refractivity contribution < 1.29 is 19.1 Å². The number of hydrogen-bond donors (Lipinski definition) is 4. The van der Waals surface area contributed by atoms with Gasteiger partial charge in [0.15, 0.2) is 0 Å². The summed E-state index contributed by atoms with van der Waals surface area (Å²) < 4.78 is 14.1. The summed E-state index contributed by atoms with van der Waals surface area (Å²) in [6.45, 7) is 5.92. The van der Waals surface area contributed by atoms with Crippen LogP contribution in [0.3, 0.4) is 0 Å². The number of aliphatic imine (C=N–C) groups is 1. The fraction of sp³-hybridized carbons (Fsp3) is 0.421. The van der Waals surface area contributed by atoms with Gasteiger partial charge in [-0.2, -0.15) is 0 Å². The number of amides is 2. The van der Waals surface area contributed by atoms with Gasteiger partial charge in [-0.05, 0) is 24.6 Å². The van der Waals surface area contributed by atoms with Crippen LogP contribution in [-0.2, 0) is 9.59 Å². The quantitative estimate of drug-likeness (QED) is 0.246. The molecule has 1 fully saturated rings. The van der Waals surface area contributed by atoms with Crippen molar-refractivity contribution in [3.05, 3.63) is 41.4 Å². The van der Waals surface area contributed by atoms with Crippen LogP contribution in [0.5, 0.6) is 0 Å². The largest absolute Gasteiger partial charge is 0.385 e. The number of nitrogens with zero attached hydrogens (tertiary/aromatic N) is 2. The van der Waals surface area contributed by atoms with E-state index in [-0.39, 0.29) is 36.7 Å². The van der Waals surface area contributed by atoms with Crippen molar-refractivity contribution in [1.29, 1.82) is 0 Å². The minimum absolute atomic E-state index is 0.0265. The number of halogens is 1. The molecule has 0 unspecified atom stereocenters. The average Bonchev–Trinajstić information content (AvgIpc) is 2.67. The molecular formula is C19H28FN5O3. The maximum absolute atomic E-state index is 14.1. The fourth-order valence-electron chi connectivity index (χ4n) is 2.55. The molecule has 2 amide bonds. The average molecular weight is 393 g/mol. The fourth-order valence-corrected chi connectivity index (χ4v) is 2.55. The monoisotopic (exact) mass is 393 g/mol. The molecular weight excluding hydrogens is 365 g/mol. The number of rotatable bonds is 6. The van der Waals surface area contributed by atoms with Crippen LogP contribution in [0, 0.1) is 12.7 Å². The van der Waals surface area contributed by atoms with E-state index in [2.05, 4.69) is 15.6 Å². The van der Waals surface area contributed by atoms with Crippen molar-refractivity contribution in [2.45, 2.75) is 26.4 Å². The number of nitrogens with one attached hydrogen (secondary N) is 2. The summed E-state index contributed by atoms with van der Waals surface area (Å²) in [5.41, 5.74) is 5.27. The lowest BCUT2D eigenvalue weighted by molar-refractivity contribution is -0.148. The Labute approximate surface area is 164 Å². The van der Waals surface area contributed by atoms with E-state index in [0.717, 1.165) is 5.56 Å². The predicted octanol–water partition coefficient (Wildman–Crippen LogP) is 0.762. The molecule has 0 aliphatic carbocycles. The third kappa shape index (κ3) is 5.61. The molecule has 1 aromatic rings. The Bertz CT molecular complexity index is 758. The molecule has 1 aromatic carbocycles. The van der Waals surface area contributed by atoms with Crippen LogP contribution >= 0.6 is 0 Å². The first-order chi connectivity index (χ1) is 13.3. The molecule has 0 radical (unpaired) electrons. The van der Waals surface area contributed by atoms with Crippen LogP contribution < -0.4 is 16.4 Å². The Morgan fingerprint density at radius 3 is 2.57 bits per heavy atom. The zero-order valence-electron chi connectivity index (χ0n) is 16.6. The first kappa shape index (κ1) is 23.3. The normalized spacial score (nSPS) is 15.8. The summed E-state index contributed by atoms with van der Waals surface area (Å²) in [5.74, 6) is -0.892. The van der Waals surface area contributed by atoms with Gasteiger partial charge < -0.3 is 26.4 Å². The summed E-state index contributed by atoms with van der Waals surface area (Å²) in [5, 5.41) is 15.1. The van der Waals surface area contributed by atoms with Crippen LogP contribution in [-0.4, -0.2) is 60.4 Å². The lowest BCUT2D eigenvalue weighted by Gasteiger charge is -2.46. The zero-order valence-corrected chi connectivity index (χ0v) is 16.6. The van der Waals surface area contributed by atoms with Gasteiger partial charge in [-0.3, -0.25) is 14.6 Å². The van der Waals surface area contributed by atoms with Crippen molar-refractivity contribution in [2.75, 3.05) is 32.0 Å². The van der Waals surface area contributed by atoms with Crippen molar-refractivity contribution >= 4 is 23.8 Å². The second kappa shape index (κ2) is 10.5. The Morgan fingerprint density at radius 2 is 2.07 bits per heavy atom. The summed E-state index contributed by atoms with van der Waals surface area (Å²) in [6, 6.07) is 4.59. The minimum Gasteiger partial charge on any atom is -0.385 e. The van der Waals surface area contributed by atoms with E-state index in [4.69, 9.17) is 5.73 Å². The SMILES string of the molecule is CC.CN=C(Nc1ccc(C)cc1F)/C(=C\NC=O)C(=O)N1CC(O)(CN)C1. The Hall–Kier alpha value is -2.78. The zero-order chi connectivity index (χ0) is 21.3. The van der Waals surface area contributed by atoms with Crippen molar-refractivity contribution in [3.8, 4) is 0 Å². The molecule has 28 heavy (non-hydrogen) atoms. The molecule has 1 aliphatic rings. The van der Waals surface area contributed by atoms with Gasteiger partial charge in [-0.1, -0.05) is 19.9 Å². The highest BCUT2D eigenvalue weighted by atomic mass is 19.1. The molecule has 1 aliphatic heterocycles. The number of amidine groups is 1. The molecule has 0 saturated carbocycles. The van der Waals surface area contributed by atoms with E-state index in [9.17, 15) is 19.1 Å². The number of benzene rings is 1. The number of carbonyl (C=O) groups is 2. The number of hydrogen-bond acceptors (Lipinski definition) is 5. The maximum atomic E-state index is 14.1. The maximum Gasteiger partial charge on any atom is 0.259 e. The third-order valence-corrected chi connectivity index (χ3v) is 4.02. The van der Waals surface area contributed by atoms with Crippen LogP contribution in [0.1, 0.15) is 19.4 Å². The number of aliphatic hydroxyl groups is 1. The summed E-state index contributed by atoms with van der Waals surface area (Å²) in [4.78, 5) is 28.7. The number of likely N-dealkylation sites (tertiary alicyclic amines) is 1. The van der Waals surface area contributed by atoms with Crippen LogP contribution in [0.25, 0.3) is 0 Å². The van der Waals surface area contributed by atoms with E-state index in [0.29, 0.717) is 6.41 Å². The van der Waals surface area contributed by atoms with Gasteiger partial charge in [0.1, 0.15) is 17.3 Å². The summed E-state index contributed by atoms with van der Waals surface area (Å²) >= 11 is 0. The highest BCUT2D eigenvalue weighted by molar-refractivity contribution is 6.25. The first-order valence-electron chi connectivity index (χ1n) is 8.95. The molecule has 0 bridgehead atoms. The van der Waals surface area contributed by atoms with E-state index < -0.39 is 17.3 Å². The number of β-amino-alcohol motifs (C(OH)–C–C–N with tert-alkyl or cyclic N) is 1. The van der Waals surface area contributed by atoms with Crippen LogP contribution in [0.4, 0.5) is 10.1 Å². The minimum atomic E-state index is -1.11. The van der Waals surface area contributed by atoms with Crippen molar-refractivity contribution in [1.82, 2.24) is 10.2 Å². The molecule has 1 heterocycles. The summed E-state index contributed by atoms with van der Waals surface area (Å²) in [7, 11) is 1.43. The van der Waals surface area contributed by atoms with Crippen LogP contribution in [0.2, 0.25) is 0 Å². The summed E-state index contributed by atoms with van der Waals surface area (Å²) in [6.07, 6.45) is 1.58. The van der Waals surface area contributed by atoms with Crippen LogP contribution in [0.15, 0.2) is 35.0 Å². The Morgan fingerprint density at radius 1 is 1.43 bits per heavy atom. The predicted molar refractivity (Wildman–Crippen MR) is 107 cm³/mol. The highest BCUT2D eigenvalue weighted by Gasteiger charge is 2.43. The molecule has 1 saturated heterocycles. The van der Waals surface area contributed by atoms with Crippen molar-refractivity contribution in [3.63, 3.8) is 0 Å². The molecule has 9 heteroatoms. The number of anilines is 1. The van der Waals surface area contributed by atoms with Gasteiger partial charge >= 0.3 is 0 Å². The molecule has 0 spiro atoms. The van der Waals surface area contributed by atoms with Gasteiger partial charge in [-0.25, -0.2) is 4.39 Å². The highest BCUT2D eigenvalue weighted by Crippen LogP contribution is 2.23. The molecule has 0 atom stereocenters. The topological polar surface area (TPSA) is 120 Å². The van der Waals surface area contributed by atoms with Gasteiger partial charge in [0.2, 0.25) is 6.41 Å². The molecule has 8 nitrogen and oxygen atoms in total. The lowest BCUT2D eigenvalue weighted by Crippen LogP contribution is -2.67. The van der Waals surface area contributed by atoms with Gasteiger partial charge in [0.25, 0.3) is 5.91 Å². The van der Waals surface area contributed by atoms with Gasteiger partial charge in [0.05, 0.1) is 24.4 Å². The molecule has 0 aromatic heterocycles. The number of nitrogens with two attached hydrogens (primary N) is 1. The third-order valence-electron chi connectivity index (χ3n) is 4.02. The van der Waals surface area contributed by atoms with Gasteiger partial charge in [-0.15, -0.1) is 0 Å². The first-order valence-corrected chi connectivity index (χ1v) is 8.95. The van der Waals surface area contributed by atoms with E-state index >= 15 is 0 Å².